The first-order chi connectivity index (χ1) is 10.6. The van der Waals surface area contributed by atoms with Crippen molar-refractivity contribution < 1.29 is 9.72 Å². The van der Waals surface area contributed by atoms with Crippen LogP contribution < -0.4 is 10.2 Å². The molecule has 0 unspecified atom stereocenters. The van der Waals surface area contributed by atoms with E-state index in [1.807, 2.05) is 9.80 Å². The Hall–Kier alpha value is -2.66. The van der Waals surface area contributed by atoms with Crippen molar-refractivity contribution in [3.05, 3.63) is 33.9 Å². The Kier molecular flexibility index (Phi) is 4.91. The van der Waals surface area contributed by atoms with Crippen molar-refractivity contribution >= 4 is 17.3 Å². The van der Waals surface area contributed by atoms with Crippen molar-refractivity contribution in [3.63, 3.8) is 0 Å². The number of nitrogens with one attached hydrogen (secondary N) is 1. The summed E-state index contributed by atoms with van der Waals surface area (Å²) in [5, 5.41) is 22.4. The third kappa shape index (κ3) is 3.32. The number of nitrogens with zero attached hydrogens (tertiary/aromatic N) is 4. The van der Waals surface area contributed by atoms with E-state index in [4.69, 9.17) is 5.26 Å². The van der Waals surface area contributed by atoms with E-state index in [1.165, 1.54) is 13.1 Å². The van der Waals surface area contributed by atoms with Crippen LogP contribution in [0.25, 0.3) is 0 Å². The summed E-state index contributed by atoms with van der Waals surface area (Å²) in [5.41, 5.74) is 0.699. The molecule has 1 aliphatic rings. The van der Waals surface area contributed by atoms with Crippen molar-refractivity contribution in [3.8, 4) is 6.07 Å². The fourth-order valence-corrected chi connectivity index (χ4v) is 2.47. The van der Waals surface area contributed by atoms with E-state index in [0.717, 1.165) is 0 Å². The Morgan fingerprint density at radius 3 is 2.64 bits per heavy atom. The van der Waals surface area contributed by atoms with E-state index in [9.17, 15) is 14.9 Å². The standard InChI is InChI=1S/C14H17N5O3/c1-16-14(20)11-2-3-12(13(10-11)19(21)22)18-8-6-17(5-4-15)7-9-18/h2-3,10H,5-9H2,1H3,(H,16,20). The summed E-state index contributed by atoms with van der Waals surface area (Å²) in [5.74, 6) is -0.353. The lowest BCUT2D eigenvalue weighted by Crippen LogP contribution is -2.46. The van der Waals surface area contributed by atoms with E-state index in [2.05, 4.69) is 11.4 Å². The Bertz CT molecular complexity index is 617. The Labute approximate surface area is 128 Å². The number of hydrogen-bond acceptors (Lipinski definition) is 6. The third-order valence-electron chi connectivity index (χ3n) is 3.67. The highest BCUT2D eigenvalue weighted by Crippen LogP contribution is 2.30. The quantitative estimate of drug-likeness (QED) is 0.496. The topological polar surface area (TPSA) is 103 Å². The van der Waals surface area contributed by atoms with Crippen LogP contribution in [0.1, 0.15) is 10.4 Å². The number of carbonyl (C=O) groups is 1. The number of anilines is 1. The summed E-state index contributed by atoms with van der Waals surface area (Å²) < 4.78 is 0. The first kappa shape index (κ1) is 15.7. The normalized spacial score (nSPS) is 15.2. The SMILES string of the molecule is CNC(=O)c1ccc(N2CCN(CC#N)CC2)c([N+](=O)[O-])c1. The van der Waals surface area contributed by atoms with Crippen LogP contribution in [0.4, 0.5) is 11.4 Å². The minimum absolute atomic E-state index is 0.0742. The van der Waals surface area contributed by atoms with Crippen LogP contribution in [0.15, 0.2) is 18.2 Å². The summed E-state index contributed by atoms with van der Waals surface area (Å²) in [7, 11) is 1.48. The number of benzene rings is 1. The van der Waals surface area contributed by atoms with Gasteiger partial charge in [-0.2, -0.15) is 5.26 Å². The highest BCUT2D eigenvalue weighted by Gasteiger charge is 2.24. The van der Waals surface area contributed by atoms with E-state index < -0.39 is 4.92 Å². The van der Waals surface area contributed by atoms with Crippen molar-refractivity contribution in [1.82, 2.24) is 10.2 Å². The summed E-state index contributed by atoms with van der Waals surface area (Å²) in [4.78, 5) is 26.3. The molecule has 1 aliphatic heterocycles. The number of carbonyl (C=O) groups excluding carboxylic acids is 1. The zero-order valence-electron chi connectivity index (χ0n) is 12.3. The molecule has 1 aromatic carbocycles. The summed E-state index contributed by atoms with van der Waals surface area (Å²) >= 11 is 0. The largest absolute Gasteiger partial charge is 0.363 e. The van der Waals surface area contributed by atoms with Crippen molar-refractivity contribution in [1.29, 1.82) is 5.26 Å². The van der Waals surface area contributed by atoms with Crippen LogP contribution in [0, 0.1) is 21.4 Å². The van der Waals surface area contributed by atoms with Crippen molar-refractivity contribution in [2.75, 3.05) is 44.7 Å². The Balaban J connectivity index is 2.23. The molecule has 1 amide bonds. The van der Waals surface area contributed by atoms with Gasteiger partial charge in [0.25, 0.3) is 11.6 Å². The van der Waals surface area contributed by atoms with Crippen molar-refractivity contribution in [2.45, 2.75) is 0 Å². The zero-order chi connectivity index (χ0) is 16.1. The van der Waals surface area contributed by atoms with Crippen molar-refractivity contribution in [2.24, 2.45) is 0 Å². The first-order valence-corrected chi connectivity index (χ1v) is 6.91. The van der Waals surface area contributed by atoms with E-state index in [0.29, 0.717) is 38.4 Å². The predicted molar refractivity (Wildman–Crippen MR) is 80.8 cm³/mol. The lowest BCUT2D eigenvalue weighted by molar-refractivity contribution is -0.384. The van der Waals surface area contributed by atoms with Crippen LogP contribution in [-0.2, 0) is 0 Å². The molecular weight excluding hydrogens is 286 g/mol. The predicted octanol–water partition coefficient (Wildman–Crippen LogP) is 0.600. The van der Waals surface area contributed by atoms with Crippen LogP contribution in [0.3, 0.4) is 0 Å². The molecule has 8 heteroatoms. The van der Waals surface area contributed by atoms with Gasteiger partial charge in [-0.15, -0.1) is 0 Å². The molecule has 2 rings (SSSR count). The van der Waals surface area contributed by atoms with Gasteiger partial charge in [-0.25, -0.2) is 0 Å². The molecule has 8 nitrogen and oxygen atoms in total. The van der Waals surface area contributed by atoms with Crippen LogP contribution in [0.2, 0.25) is 0 Å². The number of piperazine rings is 1. The second kappa shape index (κ2) is 6.87. The van der Waals surface area contributed by atoms with Crippen LogP contribution in [0.5, 0.6) is 0 Å². The summed E-state index contributed by atoms with van der Waals surface area (Å²) in [6, 6.07) is 6.60. The highest BCUT2D eigenvalue weighted by atomic mass is 16.6. The fraction of sp³-hybridized carbons (Fsp3) is 0.429. The van der Waals surface area contributed by atoms with Gasteiger partial charge in [-0.3, -0.25) is 19.8 Å². The molecular formula is C14H17N5O3. The van der Waals surface area contributed by atoms with Gasteiger partial charge in [0.15, 0.2) is 0 Å². The molecule has 0 radical (unpaired) electrons. The summed E-state index contributed by atoms with van der Waals surface area (Å²) in [6.45, 7) is 2.96. The number of nitro groups is 1. The number of hydrogen-bond donors (Lipinski definition) is 1. The molecule has 1 saturated heterocycles. The maximum absolute atomic E-state index is 11.6. The average Bonchev–Trinajstić information content (AvgIpc) is 2.54. The minimum Gasteiger partial charge on any atom is -0.363 e. The molecule has 1 heterocycles. The first-order valence-electron chi connectivity index (χ1n) is 6.91. The van der Waals surface area contributed by atoms with E-state index in [-0.39, 0.29) is 17.2 Å². The molecule has 0 saturated carbocycles. The molecule has 116 valence electrons. The van der Waals surface area contributed by atoms with E-state index >= 15 is 0 Å². The van der Waals surface area contributed by atoms with Crippen LogP contribution >= 0.6 is 0 Å². The lowest BCUT2D eigenvalue weighted by atomic mass is 10.1. The van der Waals surface area contributed by atoms with Gasteiger partial charge < -0.3 is 10.2 Å². The van der Waals surface area contributed by atoms with Gasteiger partial charge in [0.05, 0.1) is 17.5 Å². The van der Waals surface area contributed by atoms with Gasteiger partial charge in [0.1, 0.15) is 5.69 Å². The number of amides is 1. The van der Waals surface area contributed by atoms with Gasteiger partial charge in [-0.1, -0.05) is 0 Å². The molecule has 0 atom stereocenters. The zero-order valence-corrected chi connectivity index (χ0v) is 12.3. The second-order valence-corrected chi connectivity index (χ2v) is 4.96. The smallest absolute Gasteiger partial charge is 0.293 e. The van der Waals surface area contributed by atoms with Crippen LogP contribution in [-0.4, -0.2) is 55.5 Å². The molecule has 0 bridgehead atoms. The number of nitro benzene ring substituents is 1. The number of rotatable bonds is 4. The third-order valence-corrected chi connectivity index (χ3v) is 3.67. The molecule has 0 aromatic heterocycles. The lowest BCUT2D eigenvalue weighted by Gasteiger charge is -2.34. The van der Waals surface area contributed by atoms with Gasteiger partial charge >= 0.3 is 0 Å². The maximum Gasteiger partial charge on any atom is 0.293 e. The minimum atomic E-state index is -0.469. The number of nitriles is 1. The maximum atomic E-state index is 11.6. The van der Waals surface area contributed by atoms with E-state index in [1.54, 1.807) is 12.1 Å². The monoisotopic (exact) mass is 303 g/mol. The molecule has 0 aliphatic carbocycles. The van der Waals surface area contributed by atoms with Gasteiger partial charge in [0.2, 0.25) is 0 Å². The fourth-order valence-electron chi connectivity index (χ4n) is 2.47. The highest BCUT2D eigenvalue weighted by molar-refractivity contribution is 5.95. The molecule has 1 fully saturated rings. The molecule has 22 heavy (non-hydrogen) atoms. The van der Waals surface area contributed by atoms with Gasteiger partial charge in [-0.05, 0) is 12.1 Å². The second-order valence-electron chi connectivity index (χ2n) is 4.96. The Morgan fingerprint density at radius 1 is 1.41 bits per heavy atom. The molecule has 1 N–H and O–H groups in total. The Morgan fingerprint density at radius 2 is 2.09 bits per heavy atom. The summed E-state index contributed by atoms with van der Waals surface area (Å²) in [6.07, 6.45) is 0. The average molecular weight is 303 g/mol. The van der Waals surface area contributed by atoms with Gasteiger partial charge in [0, 0.05) is 44.9 Å². The molecule has 1 aromatic rings. The molecule has 0 spiro atoms.